The van der Waals surface area contributed by atoms with E-state index in [2.05, 4.69) is 10.3 Å². The average molecular weight is 444 g/mol. The molecule has 0 fully saturated rings. The van der Waals surface area contributed by atoms with Crippen molar-refractivity contribution in [3.63, 3.8) is 0 Å². The Kier molecular flexibility index (Phi) is 7.32. The van der Waals surface area contributed by atoms with Gasteiger partial charge < -0.3 is 5.32 Å². The molecule has 0 aliphatic rings. The predicted octanol–water partition coefficient (Wildman–Crippen LogP) is 4.99. The number of halogens is 2. The lowest BCUT2D eigenvalue weighted by atomic mass is 10.1. The van der Waals surface area contributed by atoms with Gasteiger partial charge in [0.2, 0.25) is 11.8 Å². The summed E-state index contributed by atoms with van der Waals surface area (Å²) in [6.07, 6.45) is 3.59. The topological polar surface area (TPSA) is 62.3 Å². The predicted molar refractivity (Wildman–Crippen MR) is 119 cm³/mol. The molecule has 3 rings (SSSR count). The van der Waals surface area contributed by atoms with E-state index < -0.39 is 5.82 Å². The van der Waals surface area contributed by atoms with Crippen molar-refractivity contribution in [2.45, 2.75) is 13.3 Å². The molecule has 0 radical (unpaired) electrons. The van der Waals surface area contributed by atoms with Gasteiger partial charge in [-0.2, -0.15) is 0 Å². The number of aromatic nitrogens is 1. The third-order valence-electron chi connectivity index (χ3n) is 4.12. The summed E-state index contributed by atoms with van der Waals surface area (Å²) in [6, 6.07) is 13.5. The number of anilines is 2. The number of nitrogens with one attached hydrogen (secondary N) is 1. The lowest BCUT2D eigenvalue weighted by Gasteiger charge is -2.18. The molecule has 0 atom stereocenters. The van der Waals surface area contributed by atoms with E-state index in [0.29, 0.717) is 28.8 Å². The smallest absolute Gasteiger partial charge is 0.244 e. The molecule has 0 unspecified atom stereocenters. The zero-order chi connectivity index (χ0) is 21.5. The van der Waals surface area contributed by atoms with Gasteiger partial charge in [0, 0.05) is 29.9 Å². The first-order valence-electron chi connectivity index (χ1n) is 9.15. The highest BCUT2D eigenvalue weighted by Gasteiger charge is 2.20. The van der Waals surface area contributed by atoms with E-state index in [-0.39, 0.29) is 17.5 Å². The molecular formula is C22H19ClFN3O2S. The Bertz CT molecular complexity index is 1080. The van der Waals surface area contributed by atoms with Gasteiger partial charge in [-0.05, 0) is 42.3 Å². The minimum absolute atomic E-state index is 0.133. The number of hydrogen-bond donors (Lipinski definition) is 1. The summed E-state index contributed by atoms with van der Waals surface area (Å²) in [6.45, 7) is 1.81. The van der Waals surface area contributed by atoms with Crippen LogP contribution in [0.25, 0.3) is 6.08 Å². The van der Waals surface area contributed by atoms with Gasteiger partial charge in [-0.15, -0.1) is 11.3 Å². The normalized spacial score (nSPS) is 10.9. The fraction of sp³-hybridized carbons (Fsp3) is 0.136. The van der Waals surface area contributed by atoms with Gasteiger partial charge in [0.05, 0.1) is 11.4 Å². The van der Waals surface area contributed by atoms with Gasteiger partial charge in [0.1, 0.15) is 5.82 Å². The van der Waals surface area contributed by atoms with Gasteiger partial charge >= 0.3 is 0 Å². The Labute approximate surface area is 182 Å². The molecule has 30 heavy (non-hydrogen) atoms. The van der Waals surface area contributed by atoms with Crippen LogP contribution in [0.3, 0.4) is 0 Å². The highest BCUT2D eigenvalue weighted by atomic mass is 35.5. The number of nitrogens with zero attached hydrogens (tertiary/aromatic N) is 2. The van der Waals surface area contributed by atoms with E-state index in [0.717, 1.165) is 5.56 Å². The lowest BCUT2D eigenvalue weighted by molar-refractivity contribution is -0.117. The first kappa shape index (κ1) is 21.7. The highest BCUT2D eigenvalue weighted by molar-refractivity contribution is 7.14. The van der Waals surface area contributed by atoms with Crippen molar-refractivity contribution < 1.29 is 14.0 Å². The van der Waals surface area contributed by atoms with E-state index in [4.69, 9.17) is 11.6 Å². The zero-order valence-corrected chi connectivity index (χ0v) is 17.7. The first-order valence-corrected chi connectivity index (χ1v) is 10.4. The third kappa shape index (κ3) is 5.75. The second-order valence-electron chi connectivity index (χ2n) is 6.37. The van der Waals surface area contributed by atoms with Gasteiger partial charge in [0.15, 0.2) is 5.13 Å². The average Bonchev–Trinajstić information content (AvgIpc) is 3.16. The molecule has 0 aliphatic heterocycles. The SMILES string of the molecule is CC(=O)N(c1nc(/C=C/C(=O)NCCc2cccc(Cl)c2)cs1)c1ccccc1F. The van der Waals surface area contributed by atoms with Crippen LogP contribution in [-0.4, -0.2) is 23.3 Å². The number of carbonyl (C=O) groups is 2. The number of benzene rings is 2. The second kappa shape index (κ2) is 10.1. The van der Waals surface area contributed by atoms with Crippen LogP contribution in [0.4, 0.5) is 15.2 Å². The number of hydrogen-bond acceptors (Lipinski definition) is 4. The zero-order valence-electron chi connectivity index (χ0n) is 16.1. The largest absolute Gasteiger partial charge is 0.352 e. The Morgan fingerprint density at radius 3 is 2.77 bits per heavy atom. The molecule has 2 aromatic carbocycles. The number of thiazole rings is 1. The van der Waals surface area contributed by atoms with Crippen molar-refractivity contribution >= 4 is 51.6 Å². The van der Waals surface area contributed by atoms with Gasteiger partial charge in [-0.25, -0.2) is 9.37 Å². The first-order chi connectivity index (χ1) is 14.4. The molecule has 1 aromatic heterocycles. The van der Waals surface area contributed by atoms with E-state index in [1.807, 2.05) is 18.2 Å². The summed E-state index contributed by atoms with van der Waals surface area (Å²) in [5.41, 5.74) is 1.67. The molecule has 5 nitrogen and oxygen atoms in total. The van der Waals surface area contributed by atoms with Crippen LogP contribution in [0, 0.1) is 5.82 Å². The summed E-state index contributed by atoms with van der Waals surface area (Å²) in [7, 11) is 0. The van der Waals surface area contributed by atoms with E-state index in [1.54, 1.807) is 29.7 Å². The van der Waals surface area contributed by atoms with Crippen LogP contribution >= 0.6 is 22.9 Å². The van der Waals surface area contributed by atoms with Crippen LogP contribution in [0.5, 0.6) is 0 Å². The summed E-state index contributed by atoms with van der Waals surface area (Å²) in [5, 5.41) is 5.48. The fourth-order valence-corrected chi connectivity index (χ4v) is 3.80. The van der Waals surface area contributed by atoms with Gasteiger partial charge in [-0.3, -0.25) is 14.5 Å². The van der Waals surface area contributed by atoms with Crippen molar-refractivity contribution in [1.29, 1.82) is 0 Å². The summed E-state index contributed by atoms with van der Waals surface area (Å²) >= 11 is 7.14. The third-order valence-corrected chi connectivity index (χ3v) is 5.20. The molecule has 3 aromatic rings. The minimum Gasteiger partial charge on any atom is -0.352 e. The molecule has 0 saturated heterocycles. The monoisotopic (exact) mass is 443 g/mol. The van der Waals surface area contributed by atoms with E-state index >= 15 is 0 Å². The summed E-state index contributed by atoms with van der Waals surface area (Å²) in [4.78, 5) is 29.6. The number of amides is 2. The van der Waals surface area contributed by atoms with Gasteiger partial charge in [0.25, 0.3) is 0 Å². The Morgan fingerprint density at radius 1 is 1.23 bits per heavy atom. The van der Waals surface area contributed by atoms with Crippen LogP contribution in [0.1, 0.15) is 18.2 Å². The van der Waals surface area contributed by atoms with Crippen molar-refractivity contribution in [1.82, 2.24) is 10.3 Å². The molecule has 0 spiro atoms. The second-order valence-corrected chi connectivity index (χ2v) is 7.64. The van der Waals surface area contributed by atoms with Crippen LogP contribution < -0.4 is 10.2 Å². The summed E-state index contributed by atoms with van der Waals surface area (Å²) in [5.74, 6) is -1.13. The van der Waals surface area contributed by atoms with Crippen LogP contribution in [0.2, 0.25) is 5.02 Å². The lowest BCUT2D eigenvalue weighted by Crippen LogP contribution is -2.23. The maximum atomic E-state index is 14.1. The van der Waals surface area contributed by atoms with Crippen LogP contribution in [-0.2, 0) is 16.0 Å². The molecule has 0 aliphatic carbocycles. The maximum Gasteiger partial charge on any atom is 0.244 e. The maximum absolute atomic E-state index is 14.1. The van der Waals surface area contributed by atoms with Gasteiger partial charge in [-0.1, -0.05) is 35.9 Å². The molecular weight excluding hydrogens is 425 g/mol. The van der Waals surface area contributed by atoms with Crippen LogP contribution in [0.15, 0.2) is 60.0 Å². The van der Waals surface area contributed by atoms with E-state index in [1.165, 1.54) is 41.4 Å². The highest BCUT2D eigenvalue weighted by Crippen LogP contribution is 2.30. The Hall–Kier alpha value is -3.03. The molecule has 1 N–H and O–H groups in total. The van der Waals surface area contributed by atoms with Crippen molar-refractivity contribution in [2.24, 2.45) is 0 Å². The van der Waals surface area contributed by atoms with Crippen molar-refractivity contribution in [3.05, 3.63) is 82.1 Å². The van der Waals surface area contributed by atoms with Crippen molar-refractivity contribution in [2.75, 3.05) is 11.4 Å². The summed E-state index contributed by atoms with van der Waals surface area (Å²) < 4.78 is 14.1. The molecule has 0 saturated carbocycles. The molecule has 1 heterocycles. The Morgan fingerprint density at radius 2 is 2.03 bits per heavy atom. The number of rotatable bonds is 7. The number of carbonyl (C=O) groups excluding carboxylic acids is 2. The van der Waals surface area contributed by atoms with E-state index in [9.17, 15) is 14.0 Å². The van der Waals surface area contributed by atoms with Crippen molar-refractivity contribution in [3.8, 4) is 0 Å². The molecule has 0 bridgehead atoms. The molecule has 2 amide bonds. The minimum atomic E-state index is -0.515. The molecule has 8 heteroatoms. The molecule has 154 valence electrons. The Balaban J connectivity index is 1.61. The quantitative estimate of drug-likeness (QED) is 0.523. The standard InChI is InChI=1S/C22H19ClFN3O2S/c1-15(28)27(20-8-3-2-7-19(20)24)22-26-18(14-30-22)9-10-21(29)25-12-11-16-5-4-6-17(23)13-16/h2-10,13-14H,11-12H2,1H3,(H,25,29)/b10-9+. The number of para-hydroxylation sites is 1. The fourth-order valence-electron chi connectivity index (χ4n) is 2.74.